The molecule has 1 unspecified atom stereocenters. The lowest BCUT2D eigenvalue weighted by Crippen LogP contribution is -2.32. The van der Waals surface area contributed by atoms with Gasteiger partial charge < -0.3 is 11.1 Å². The number of rotatable bonds is 8. The molecular weight excluding hydrogens is 164 g/mol. The number of amides is 1. The molecule has 3 N–H and O–H groups in total. The van der Waals surface area contributed by atoms with Crippen molar-refractivity contribution in [2.45, 2.75) is 39.5 Å². The van der Waals surface area contributed by atoms with Gasteiger partial charge in [-0.2, -0.15) is 0 Å². The lowest BCUT2D eigenvalue weighted by Gasteiger charge is -2.14. The number of hydrogen-bond acceptors (Lipinski definition) is 2. The zero-order chi connectivity index (χ0) is 11.0. The highest BCUT2D eigenvalue weighted by atomic mass is 16.1. The third kappa shape index (κ3) is 7.78. The van der Waals surface area contributed by atoms with Crippen molar-refractivity contribution in [2.24, 2.45) is 11.7 Å². The lowest BCUT2D eigenvalue weighted by atomic mass is 9.98. The summed E-state index contributed by atoms with van der Waals surface area (Å²) in [4.78, 5) is 10.5. The van der Waals surface area contributed by atoms with Crippen LogP contribution in [-0.2, 0) is 4.79 Å². The summed E-state index contributed by atoms with van der Waals surface area (Å²) >= 11 is 0. The summed E-state index contributed by atoms with van der Waals surface area (Å²) in [7, 11) is 0. The number of hydrogen-bond donors (Lipinski definition) is 2. The predicted octanol–water partition coefficient (Wildman–Crippen LogP) is 1.28. The first-order valence-electron chi connectivity index (χ1n) is 5.63. The number of carbonyl (C=O) groups excluding carboxylic acids is 1. The van der Waals surface area contributed by atoms with Gasteiger partial charge in [-0.1, -0.05) is 26.7 Å². The molecule has 1 amide bonds. The zero-order valence-electron chi connectivity index (χ0n) is 9.68. The van der Waals surface area contributed by atoms with Crippen LogP contribution in [0.15, 0.2) is 0 Å². The molecule has 13 heavy (non-hydrogen) atoms. The molecule has 1 atom stereocenters. The van der Waals surface area contributed by atoms with Crippen molar-refractivity contribution in [1.29, 1.82) is 0 Å². The minimum absolute atomic E-state index is 0.109. The highest BCUT2D eigenvalue weighted by Crippen LogP contribution is 2.11. The van der Waals surface area contributed by atoms with Gasteiger partial charge in [0.2, 0.25) is 5.91 Å². The van der Waals surface area contributed by atoms with Gasteiger partial charge in [-0.3, -0.25) is 4.79 Å². The van der Waals surface area contributed by atoms with Gasteiger partial charge in [-0.25, -0.2) is 0 Å². The Morgan fingerprint density at radius 1 is 1.46 bits per heavy atom. The second-order valence-electron chi connectivity index (χ2n) is 3.35. The number of nitrogens with one attached hydrogen (secondary N) is 1. The Hall–Kier alpha value is -0.570. The van der Waals surface area contributed by atoms with Crippen LogP contribution in [0.25, 0.3) is 0 Å². The molecule has 0 aliphatic rings. The van der Waals surface area contributed by atoms with E-state index in [-0.39, 0.29) is 13.1 Å². The van der Waals surface area contributed by atoms with Crippen LogP contribution in [0.1, 0.15) is 40.9 Å². The molecule has 0 aromatic heterocycles. The Balaban J connectivity index is 3.86. The molecule has 78 valence electrons. The van der Waals surface area contributed by atoms with Gasteiger partial charge in [-0.15, -0.1) is 0 Å². The van der Waals surface area contributed by atoms with Gasteiger partial charge in [0.25, 0.3) is 0 Å². The molecule has 0 rings (SSSR count). The fourth-order valence-electron chi connectivity index (χ4n) is 1.38. The first-order chi connectivity index (χ1) is 6.61. The molecule has 3 nitrogen and oxygen atoms in total. The Bertz CT molecular complexity index is 158. The van der Waals surface area contributed by atoms with Crippen LogP contribution in [0, 0.1) is 5.92 Å². The van der Waals surface area contributed by atoms with Gasteiger partial charge in [0.1, 0.15) is 0 Å². The maximum atomic E-state index is 10.5. The Morgan fingerprint density at radius 2 is 2.00 bits per heavy atom. The molecule has 0 heterocycles. The molecule has 0 aromatic carbocycles. The predicted molar refractivity (Wildman–Crippen MR) is 55.4 cm³/mol. The lowest BCUT2D eigenvalue weighted by molar-refractivity contribution is -0.117. The van der Waals surface area contributed by atoms with Gasteiger partial charge in [-0.05, 0) is 25.3 Å². The third-order valence-corrected chi connectivity index (χ3v) is 1.95. The molecular formula is C10H22N2O. The van der Waals surface area contributed by atoms with Gasteiger partial charge in [0.05, 0.1) is 6.54 Å². The second-order valence-corrected chi connectivity index (χ2v) is 3.35. The van der Waals surface area contributed by atoms with Crippen molar-refractivity contribution in [2.75, 3.05) is 13.1 Å². The molecule has 0 saturated carbocycles. The first kappa shape index (κ1) is 10.5. The molecule has 0 radical (unpaired) electrons. The topological polar surface area (TPSA) is 55.1 Å². The van der Waals surface area contributed by atoms with Crippen molar-refractivity contribution in [3.05, 3.63) is 0 Å². The molecule has 0 aromatic rings. The van der Waals surface area contributed by atoms with E-state index < -0.39 is 5.91 Å². The van der Waals surface area contributed by atoms with Crippen LogP contribution in [0.5, 0.6) is 0 Å². The summed E-state index contributed by atoms with van der Waals surface area (Å²) in [5, 5.41) is 2.84. The second kappa shape index (κ2) is 8.05. The average Bonchev–Trinajstić information content (AvgIpc) is 2.14. The van der Waals surface area contributed by atoms with Crippen molar-refractivity contribution < 1.29 is 6.17 Å². The van der Waals surface area contributed by atoms with Crippen LogP contribution in [0.3, 0.4) is 0 Å². The van der Waals surface area contributed by atoms with Gasteiger partial charge in [0, 0.05) is 1.37 Å². The molecule has 3 heteroatoms. The fraction of sp³-hybridized carbons (Fsp3) is 0.900. The van der Waals surface area contributed by atoms with Crippen molar-refractivity contribution >= 4 is 5.91 Å². The highest BCUT2D eigenvalue weighted by Gasteiger charge is 2.05. The molecule has 0 fully saturated rings. The maximum absolute atomic E-state index is 10.5. The standard InChI is InChI=1S/C10H22N2O/c1-3-5-9(6-4-2)7-12-8-10(11)13/h9,12H,3-8H2,1-2H3,(H2,11,13)/i7D. The van der Waals surface area contributed by atoms with Crippen molar-refractivity contribution in [1.82, 2.24) is 5.32 Å². The molecule has 0 aliphatic carbocycles. The SMILES string of the molecule is [2H]C(NCC(N)=O)C(CCC)CCC. The van der Waals surface area contributed by atoms with Crippen LogP contribution >= 0.6 is 0 Å². The van der Waals surface area contributed by atoms with E-state index in [1.807, 2.05) is 0 Å². The molecule has 0 saturated heterocycles. The summed E-state index contributed by atoms with van der Waals surface area (Å²) in [5.74, 6) is -0.0571. The molecule has 0 spiro atoms. The summed E-state index contributed by atoms with van der Waals surface area (Å²) in [5.41, 5.74) is 5.00. The van der Waals surface area contributed by atoms with Gasteiger partial charge in [0.15, 0.2) is 0 Å². The number of nitrogens with two attached hydrogens (primary N) is 1. The van der Waals surface area contributed by atoms with E-state index in [4.69, 9.17) is 7.10 Å². The van der Waals surface area contributed by atoms with Gasteiger partial charge >= 0.3 is 0 Å². The minimum Gasteiger partial charge on any atom is -0.369 e. The largest absolute Gasteiger partial charge is 0.369 e. The monoisotopic (exact) mass is 187 g/mol. The normalized spacial score (nSPS) is 14.2. The molecule has 0 aliphatic heterocycles. The number of carbonyl (C=O) groups is 1. The Kier molecular flexibility index (Phi) is 6.51. The summed E-state index contributed by atoms with van der Waals surface area (Å²) in [6.07, 6.45) is 4.23. The van der Waals surface area contributed by atoms with E-state index >= 15 is 0 Å². The van der Waals surface area contributed by atoms with E-state index in [2.05, 4.69) is 19.2 Å². The smallest absolute Gasteiger partial charge is 0.231 e. The summed E-state index contributed by atoms with van der Waals surface area (Å²) in [6.45, 7) is 3.98. The van der Waals surface area contributed by atoms with E-state index in [0.717, 1.165) is 25.7 Å². The quantitative estimate of drug-likeness (QED) is 0.601. The van der Waals surface area contributed by atoms with E-state index in [1.165, 1.54) is 0 Å². The van der Waals surface area contributed by atoms with Crippen LogP contribution < -0.4 is 11.1 Å². The fourth-order valence-corrected chi connectivity index (χ4v) is 1.38. The summed E-state index contributed by atoms with van der Waals surface area (Å²) in [6, 6.07) is 0. The summed E-state index contributed by atoms with van der Waals surface area (Å²) < 4.78 is 7.81. The Labute approximate surface area is 82.5 Å². The van der Waals surface area contributed by atoms with Crippen molar-refractivity contribution in [3.8, 4) is 0 Å². The third-order valence-electron chi connectivity index (χ3n) is 1.95. The Morgan fingerprint density at radius 3 is 2.38 bits per heavy atom. The maximum Gasteiger partial charge on any atom is 0.231 e. The zero-order valence-corrected chi connectivity index (χ0v) is 8.68. The highest BCUT2D eigenvalue weighted by molar-refractivity contribution is 5.75. The minimum atomic E-state index is -0.394. The van der Waals surface area contributed by atoms with E-state index in [9.17, 15) is 4.79 Å². The number of primary amides is 1. The van der Waals surface area contributed by atoms with E-state index in [1.54, 1.807) is 0 Å². The van der Waals surface area contributed by atoms with Crippen LogP contribution in [0.4, 0.5) is 0 Å². The average molecular weight is 187 g/mol. The van der Waals surface area contributed by atoms with Crippen LogP contribution in [-0.4, -0.2) is 19.0 Å². The van der Waals surface area contributed by atoms with Crippen LogP contribution in [0.2, 0.25) is 0 Å². The van der Waals surface area contributed by atoms with Crippen molar-refractivity contribution in [3.63, 3.8) is 0 Å². The first-order valence-corrected chi connectivity index (χ1v) is 5.05. The molecule has 0 bridgehead atoms. The van der Waals surface area contributed by atoms with E-state index in [0.29, 0.717) is 5.92 Å².